The molecule has 1 aromatic rings. The van der Waals surface area contributed by atoms with Crippen LogP contribution in [0, 0.1) is 0 Å². The van der Waals surface area contributed by atoms with Crippen molar-refractivity contribution in [3.8, 4) is 5.75 Å². The summed E-state index contributed by atoms with van der Waals surface area (Å²) in [6.45, 7) is 6.95. The minimum Gasteiger partial charge on any atom is -0.492 e. The Morgan fingerprint density at radius 2 is 2.05 bits per heavy atom. The maximum absolute atomic E-state index is 12.4. The monoisotopic (exact) mass is 303 g/mol. The van der Waals surface area contributed by atoms with Crippen LogP contribution in [0.4, 0.5) is 5.69 Å². The van der Waals surface area contributed by atoms with E-state index in [1.54, 1.807) is 0 Å². The summed E-state index contributed by atoms with van der Waals surface area (Å²) >= 11 is 0. The third kappa shape index (κ3) is 3.19. The summed E-state index contributed by atoms with van der Waals surface area (Å²) in [5.41, 5.74) is 1.13. The molecule has 2 heterocycles. The molecule has 5 heteroatoms. The quantitative estimate of drug-likeness (QED) is 0.915. The number of hydrogen-bond acceptors (Lipinski definition) is 4. The van der Waals surface area contributed by atoms with Gasteiger partial charge < -0.3 is 19.9 Å². The van der Waals surface area contributed by atoms with E-state index in [2.05, 4.69) is 16.3 Å². The van der Waals surface area contributed by atoms with Crippen molar-refractivity contribution in [2.45, 2.75) is 25.8 Å². The van der Waals surface area contributed by atoms with Crippen LogP contribution in [0.2, 0.25) is 0 Å². The van der Waals surface area contributed by atoms with Crippen molar-refractivity contribution < 1.29 is 9.53 Å². The van der Waals surface area contributed by atoms with Gasteiger partial charge in [0.2, 0.25) is 5.91 Å². The fraction of sp³-hybridized carbons (Fsp3) is 0.588. The van der Waals surface area contributed by atoms with Gasteiger partial charge in [-0.2, -0.15) is 0 Å². The van der Waals surface area contributed by atoms with E-state index >= 15 is 0 Å². The zero-order chi connectivity index (χ0) is 15.4. The van der Waals surface area contributed by atoms with Crippen molar-refractivity contribution in [2.24, 2.45) is 0 Å². The molecule has 0 bridgehead atoms. The summed E-state index contributed by atoms with van der Waals surface area (Å²) in [6.07, 6.45) is 2.09. The Balaban J connectivity index is 1.60. The van der Waals surface area contributed by atoms with E-state index in [1.165, 1.54) is 0 Å². The number of anilines is 1. The van der Waals surface area contributed by atoms with Gasteiger partial charge in [-0.05, 0) is 38.4 Å². The Bertz CT molecular complexity index is 506. The molecule has 1 aromatic carbocycles. The molecule has 0 aromatic heterocycles. The summed E-state index contributed by atoms with van der Waals surface area (Å²) in [5.74, 6) is 1.21. The van der Waals surface area contributed by atoms with E-state index in [0.29, 0.717) is 6.61 Å². The summed E-state index contributed by atoms with van der Waals surface area (Å²) in [6, 6.07) is 8.19. The van der Waals surface area contributed by atoms with Gasteiger partial charge in [0.15, 0.2) is 0 Å². The van der Waals surface area contributed by atoms with Gasteiger partial charge in [-0.1, -0.05) is 12.1 Å². The van der Waals surface area contributed by atoms with Crippen molar-refractivity contribution in [2.75, 3.05) is 44.2 Å². The molecule has 2 fully saturated rings. The lowest BCUT2D eigenvalue weighted by Crippen LogP contribution is -2.53. The van der Waals surface area contributed by atoms with Crippen LogP contribution in [0.1, 0.15) is 19.8 Å². The minimum absolute atomic E-state index is 0.0438. The molecule has 0 spiro atoms. The molecule has 0 radical (unpaired) electrons. The van der Waals surface area contributed by atoms with Gasteiger partial charge in [0.25, 0.3) is 0 Å². The third-order valence-corrected chi connectivity index (χ3v) is 4.46. The largest absolute Gasteiger partial charge is 0.492 e. The fourth-order valence-corrected chi connectivity index (χ4v) is 3.28. The second-order valence-corrected chi connectivity index (χ2v) is 5.86. The van der Waals surface area contributed by atoms with E-state index < -0.39 is 0 Å². The predicted molar refractivity (Wildman–Crippen MR) is 87.4 cm³/mol. The first-order valence-electron chi connectivity index (χ1n) is 8.28. The molecule has 3 rings (SSSR count). The third-order valence-electron chi connectivity index (χ3n) is 4.46. The first kappa shape index (κ1) is 15.2. The number of amides is 1. The SMILES string of the molecule is CCOc1ccccc1N1CCN(C(=O)[C@@H]2CCCN2)CC1. The summed E-state index contributed by atoms with van der Waals surface area (Å²) in [5, 5.41) is 3.30. The second kappa shape index (κ2) is 7.01. The molecule has 2 saturated heterocycles. The number of piperazine rings is 1. The molecule has 5 nitrogen and oxygen atoms in total. The molecule has 1 N–H and O–H groups in total. The molecule has 2 aliphatic rings. The van der Waals surface area contributed by atoms with Gasteiger partial charge in [0.1, 0.15) is 5.75 Å². The zero-order valence-corrected chi connectivity index (χ0v) is 13.3. The first-order valence-corrected chi connectivity index (χ1v) is 8.28. The van der Waals surface area contributed by atoms with E-state index in [9.17, 15) is 4.79 Å². The van der Waals surface area contributed by atoms with Crippen LogP contribution in [0.15, 0.2) is 24.3 Å². The standard InChI is InChI=1S/C17H25N3O2/c1-2-22-16-8-4-3-7-15(16)19-10-12-20(13-11-19)17(21)14-6-5-9-18-14/h3-4,7-8,14,18H,2,5-6,9-13H2,1H3/t14-/m0/s1. The summed E-state index contributed by atoms with van der Waals surface area (Å²) < 4.78 is 5.71. The van der Waals surface area contributed by atoms with E-state index in [-0.39, 0.29) is 11.9 Å². The van der Waals surface area contributed by atoms with Crippen molar-refractivity contribution >= 4 is 11.6 Å². The highest BCUT2D eigenvalue weighted by molar-refractivity contribution is 5.82. The Morgan fingerprint density at radius 1 is 1.27 bits per heavy atom. The number of para-hydroxylation sites is 2. The normalized spacial score (nSPS) is 22.0. The number of benzene rings is 1. The van der Waals surface area contributed by atoms with Gasteiger partial charge in [0.05, 0.1) is 18.3 Å². The molecule has 2 aliphatic heterocycles. The fourth-order valence-electron chi connectivity index (χ4n) is 3.28. The van der Waals surface area contributed by atoms with Crippen LogP contribution in [0.5, 0.6) is 5.75 Å². The lowest BCUT2D eigenvalue weighted by atomic mass is 10.1. The van der Waals surface area contributed by atoms with E-state index in [4.69, 9.17) is 4.74 Å². The van der Waals surface area contributed by atoms with Gasteiger partial charge in [-0.3, -0.25) is 4.79 Å². The first-order chi connectivity index (χ1) is 10.8. The topological polar surface area (TPSA) is 44.8 Å². The number of rotatable bonds is 4. The highest BCUT2D eigenvalue weighted by atomic mass is 16.5. The molecule has 0 aliphatic carbocycles. The zero-order valence-electron chi connectivity index (χ0n) is 13.3. The highest BCUT2D eigenvalue weighted by Crippen LogP contribution is 2.29. The molecule has 1 atom stereocenters. The highest BCUT2D eigenvalue weighted by Gasteiger charge is 2.29. The molecule has 0 saturated carbocycles. The van der Waals surface area contributed by atoms with Gasteiger partial charge in [0, 0.05) is 26.2 Å². The van der Waals surface area contributed by atoms with E-state index in [1.807, 2.05) is 30.0 Å². The van der Waals surface area contributed by atoms with Crippen molar-refractivity contribution in [1.82, 2.24) is 10.2 Å². The van der Waals surface area contributed by atoms with Gasteiger partial charge >= 0.3 is 0 Å². The maximum Gasteiger partial charge on any atom is 0.239 e. The van der Waals surface area contributed by atoms with Gasteiger partial charge in [-0.15, -0.1) is 0 Å². The molecule has 0 unspecified atom stereocenters. The molecule has 22 heavy (non-hydrogen) atoms. The molecular weight excluding hydrogens is 278 g/mol. The van der Waals surface area contributed by atoms with Crippen molar-refractivity contribution in [3.05, 3.63) is 24.3 Å². The van der Waals surface area contributed by atoms with Crippen LogP contribution in [-0.4, -0.2) is 56.2 Å². The Morgan fingerprint density at radius 3 is 2.73 bits per heavy atom. The van der Waals surface area contributed by atoms with E-state index in [0.717, 1.165) is 57.0 Å². The number of hydrogen-bond donors (Lipinski definition) is 1. The number of ether oxygens (including phenoxy) is 1. The molecular formula is C17H25N3O2. The van der Waals surface area contributed by atoms with Crippen LogP contribution >= 0.6 is 0 Å². The lowest BCUT2D eigenvalue weighted by Gasteiger charge is -2.37. The van der Waals surface area contributed by atoms with Crippen LogP contribution in [0.3, 0.4) is 0 Å². The number of carbonyl (C=O) groups excluding carboxylic acids is 1. The smallest absolute Gasteiger partial charge is 0.239 e. The van der Waals surface area contributed by atoms with Crippen molar-refractivity contribution in [1.29, 1.82) is 0 Å². The number of carbonyl (C=O) groups is 1. The Labute approximate surface area is 132 Å². The maximum atomic E-state index is 12.4. The number of nitrogens with zero attached hydrogens (tertiary/aromatic N) is 2. The van der Waals surface area contributed by atoms with Crippen molar-refractivity contribution in [3.63, 3.8) is 0 Å². The predicted octanol–water partition coefficient (Wildman–Crippen LogP) is 1.49. The molecule has 1 amide bonds. The van der Waals surface area contributed by atoms with Crippen LogP contribution in [-0.2, 0) is 4.79 Å². The van der Waals surface area contributed by atoms with Crippen LogP contribution in [0.25, 0.3) is 0 Å². The molecule has 120 valence electrons. The minimum atomic E-state index is 0.0438. The Hall–Kier alpha value is -1.75. The Kier molecular flexibility index (Phi) is 4.83. The van der Waals surface area contributed by atoms with Gasteiger partial charge in [-0.25, -0.2) is 0 Å². The number of nitrogens with one attached hydrogen (secondary N) is 1. The average Bonchev–Trinajstić information content (AvgIpc) is 3.10. The van der Waals surface area contributed by atoms with Crippen LogP contribution < -0.4 is 15.0 Å². The second-order valence-electron chi connectivity index (χ2n) is 5.86. The summed E-state index contributed by atoms with van der Waals surface area (Å²) in [4.78, 5) is 16.8. The average molecular weight is 303 g/mol. The lowest BCUT2D eigenvalue weighted by molar-refractivity contribution is -0.133. The summed E-state index contributed by atoms with van der Waals surface area (Å²) in [7, 11) is 0.